The van der Waals surface area contributed by atoms with Crippen molar-refractivity contribution < 1.29 is 24.2 Å². The lowest BCUT2D eigenvalue weighted by Crippen LogP contribution is -2.18. The highest BCUT2D eigenvalue weighted by molar-refractivity contribution is 6.05. The van der Waals surface area contributed by atoms with E-state index in [1.165, 1.54) is 0 Å². The molecule has 0 saturated carbocycles. The molecule has 1 amide bonds. The highest BCUT2D eigenvalue weighted by atomic mass is 16.5. The van der Waals surface area contributed by atoms with Crippen molar-refractivity contribution >= 4 is 30.1 Å². The molecule has 8 nitrogen and oxygen atoms in total. The summed E-state index contributed by atoms with van der Waals surface area (Å²) in [5.41, 5.74) is 7.53. The van der Waals surface area contributed by atoms with Crippen molar-refractivity contribution in [3.05, 3.63) is 59.2 Å². The van der Waals surface area contributed by atoms with E-state index in [0.717, 1.165) is 40.3 Å². The summed E-state index contributed by atoms with van der Waals surface area (Å²) in [6.07, 6.45) is 2.01. The maximum absolute atomic E-state index is 11.8. The minimum atomic E-state index is -0.711. The molecule has 0 atom stereocenters. The lowest BCUT2D eigenvalue weighted by molar-refractivity contribution is -0.137. The van der Waals surface area contributed by atoms with Crippen LogP contribution < -0.4 is 15.5 Å². The Kier molecular flexibility index (Phi) is 15.1. The van der Waals surface area contributed by atoms with Crippen LogP contribution in [0.4, 0.5) is 5.69 Å². The van der Waals surface area contributed by atoms with Gasteiger partial charge >= 0.3 is 5.97 Å². The summed E-state index contributed by atoms with van der Waals surface area (Å²) in [6, 6.07) is 13.9. The number of anilines is 1. The molecule has 1 aliphatic heterocycles. The number of fused-ring (bicyclic) bond motifs is 1. The number of amides is 1. The van der Waals surface area contributed by atoms with Gasteiger partial charge in [0, 0.05) is 25.5 Å². The predicted molar refractivity (Wildman–Crippen MR) is 132 cm³/mol. The van der Waals surface area contributed by atoms with Gasteiger partial charge in [0.2, 0.25) is 5.91 Å². The summed E-state index contributed by atoms with van der Waals surface area (Å²) >= 11 is 0. The Hall–Kier alpha value is -3.68. The van der Waals surface area contributed by atoms with Crippen LogP contribution in [-0.4, -0.2) is 43.6 Å². The van der Waals surface area contributed by atoms with E-state index in [1.807, 2.05) is 77.1 Å². The second-order valence-corrected chi connectivity index (χ2v) is 6.53. The van der Waals surface area contributed by atoms with E-state index < -0.39 is 5.97 Å². The lowest BCUT2D eigenvalue weighted by atomic mass is 9.96. The zero-order valence-electron chi connectivity index (χ0n) is 20.1. The average Bonchev–Trinajstić information content (AvgIpc) is 3.00. The fourth-order valence-corrected chi connectivity index (χ4v) is 2.96. The molecule has 2 aromatic carbocycles. The number of nitrogens with zero attached hydrogens (tertiary/aromatic N) is 1. The second kappa shape index (κ2) is 16.9. The molecule has 0 radical (unpaired) electrons. The van der Waals surface area contributed by atoms with Crippen LogP contribution in [0.15, 0.2) is 47.6 Å². The first-order valence-electron chi connectivity index (χ1n) is 10.8. The van der Waals surface area contributed by atoms with Gasteiger partial charge in [-0.05, 0) is 29.7 Å². The van der Waals surface area contributed by atoms with Gasteiger partial charge in [-0.25, -0.2) is 5.43 Å². The Morgan fingerprint density at radius 3 is 2.42 bits per heavy atom. The summed E-state index contributed by atoms with van der Waals surface area (Å²) in [5.74, 6) is 0.00310. The highest BCUT2D eigenvalue weighted by Crippen LogP contribution is 2.26. The molecule has 33 heavy (non-hydrogen) atoms. The number of carbonyl (C=O) groups is 3. The third kappa shape index (κ3) is 9.99. The van der Waals surface area contributed by atoms with E-state index in [1.54, 1.807) is 7.11 Å². The molecule has 3 rings (SSSR count). The van der Waals surface area contributed by atoms with E-state index in [-0.39, 0.29) is 5.91 Å². The van der Waals surface area contributed by atoms with Crippen molar-refractivity contribution in [3.63, 3.8) is 0 Å². The number of ether oxygens (including phenoxy) is 1. The first-order valence-corrected chi connectivity index (χ1v) is 10.8. The van der Waals surface area contributed by atoms with Crippen LogP contribution in [0.1, 0.15) is 50.3 Å². The molecule has 0 aliphatic carbocycles. The van der Waals surface area contributed by atoms with Crippen molar-refractivity contribution in [2.24, 2.45) is 5.10 Å². The minimum Gasteiger partial charge on any atom is -0.495 e. The second-order valence-electron chi connectivity index (χ2n) is 6.53. The number of benzene rings is 2. The maximum Gasteiger partial charge on any atom is 0.303 e. The molecule has 8 heteroatoms. The maximum atomic E-state index is 11.8. The summed E-state index contributed by atoms with van der Waals surface area (Å²) in [7, 11) is 3.51. The van der Waals surface area contributed by atoms with Gasteiger partial charge < -0.3 is 20.0 Å². The summed E-state index contributed by atoms with van der Waals surface area (Å²) in [6.45, 7) is 7.84. The zero-order chi connectivity index (χ0) is 25.2. The molecule has 0 fully saturated rings. The zero-order valence-corrected chi connectivity index (χ0v) is 20.1. The van der Waals surface area contributed by atoms with Gasteiger partial charge in [0.05, 0.1) is 24.9 Å². The van der Waals surface area contributed by atoms with Crippen molar-refractivity contribution in [3.8, 4) is 5.75 Å². The highest BCUT2D eigenvalue weighted by Gasteiger charge is 2.17. The molecular formula is C25H35N3O5. The number of hydrazone groups is 1. The monoisotopic (exact) mass is 457 g/mol. The van der Waals surface area contributed by atoms with Crippen LogP contribution >= 0.6 is 0 Å². The standard InChI is InChI=1S/C18H19N3O2.C4H8O2.C2H6.CH2O/c1-19-16-10-12(7-8-17(16)23-2)9-15-14-6-4-3-5-13(14)11-18(22)21-20-15;1-2-3-4(5)6;2*1-2/h3-8,10,19H,9,11H2,1-2H3,(H,21,22);2-3H2,1H3,(H,5,6);1-2H3;1H2. The van der Waals surface area contributed by atoms with E-state index in [2.05, 4.69) is 15.8 Å². The van der Waals surface area contributed by atoms with Gasteiger partial charge in [-0.3, -0.25) is 9.59 Å². The van der Waals surface area contributed by atoms with Crippen LogP contribution in [0, 0.1) is 0 Å². The fourth-order valence-electron chi connectivity index (χ4n) is 2.96. The molecular weight excluding hydrogens is 422 g/mol. The van der Waals surface area contributed by atoms with Crippen molar-refractivity contribution in [1.82, 2.24) is 5.43 Å². The van der Waals surface area contributed by atoms with E-state index in [0.29, 0.717) is 19.3 Å². The lowest BCUT2D eigenvalue weighted by Gasteiger charge is -2.12. The molecule has 0 aromatic heterocycles. The van der Waals surface area contributed by atoms with E-state index >= 15 is 0 Å². The van der Waals surface area contributed by atoms with Crippen LogP contribution in [0.25, 0.3) is 0 Å². The first-order chi connectivity index (χ1) is 16.0. The molecule has 0 spiro atoms. The largest absolute Gasteiger partial charge is 0.495 e. The topological polar surface area (TPSA) is 117 Å². The smallest absolute Gasteiger partial charge is 0.303 e. The van der Waals surface area contributed by atoms with Gasteiger partial charge in [-0.15, -0.1) is 0 Å². The predicted octanol–water partition coefficient (Wildman–Crippen LogP) is 4.07. The van der Waals surface area contributed by atoms with Crippen molar-refractivity contribution in [2.75, 3.05) is 19.5 Å². The van der Waals surface area contributed by atoms with Crippen LogP contribution in [0.3, 0.4) is 0 Å². The number of aliphatic carboxylic acids is 1. The van der Waals surface area contributed by atoms with Gasteiger partial charge in [-0.2, -0.15) is 5.10 Å². The molecule has 3 N–H and O–H groups in total. The molecule has 180 valence electrons. The third-order valence-electron chi connectivity index (χ3n) is 4.36. The van der Waals surface area contributed by atoms with Gasteiger partial charge in [-0.1, -0.05) is 51.1 Å². The van der Waals surface area contributed by atoms with E-state index in [4.69, 9.17) is 14.6 Å². The van der Waals surface area contributed by atoms with Crippen LogP contribution in [0.5, 0.6) is 5.75 Å². The van der Waals surface area contributed by atoms with Crippen molar-refractivity contribution in [1.29, 1.82) is 0 Å². The molecule has 0 bridgehead atoms. The number of nitrogens with one attached hydrogen (secondary N) is 2. The first kappa shape index (κ1) is 29.3. The number of hydrogen-bond donors (Lipinski definition) is 3. The summed E-state index contributed by atoms with van der Waals surface area (Å²) in [4.78, 5) is 29.4. The average molecular weight is 458 g/mol. The molecule has 2 aromatic rings. The Labute approximate surface area is 196 Å². The van der Waals surface area contributed by atoms with E-state index in [9.17, 15) is 9.59 Å². The Morgan fingerprint density at radius 2 is 1.88 bits per heavy atom. The molecule has 0 saturated heterocycles. The molecule has 1 aliphatic rings. The number of carbonyl (C=O) groups excluding carboxylic acids is 2. The van der Waals surface area contributed by atoms with Crippen LogP contribution in [0.2, 0.25) is 0 Å². The Bertz CT molecular complexity index is 913. The number of hydrogen-bond acceptors (Lipinski definition) is 6. The van der Waals surface area contributed by atoms with Crippen LogP contribution in [-0.2, 0) is 27.2 Å². The quantitative estimate of drug-likeness (QED) is 0.602. The minimum absolute atomic E-state index is 0.0851. The summed E-state index contributed by atoms with van der Waals surface area (Å²) < 4.78 is 5.32. The Balaban J connectivity index is 0.000000880. The summed E-state index contributed by atoms with van der Waals surface area (Å²) in [5, 5.41) is 15.3. The SMILES string of the molecule is C=O.CC.CCCC(=O)O.CNc1cc(CC2=NNC(=O)Cc3ccccc32)ccc1OC. The number of carboxylic acid groups (broad SMARTS) is 1. The molecule has 0 unspecified atom stereocenters. The number of rotatable bonds is 6. The third-order valence-corrected chi connectivity index (χ3v) is 4.36. The normalized spacial score (nSPS) is 11.2. The van der Waals surface area contributed by atoms with Gasteiger partial charge in [0.15, 0.2) is 0 Å². The number of methoxy groups -OCH3 is 1. The number of carboxylic acids is 1. The molecule has 1 heterocycles. The fraction of sp³-hybridized carbons (Fsp3) is 0.360. The van der Waals surface area contributed by atoms with Gasteiger partial charge in [0.25, 0.3) is 0 Å². The Morgan fingerprint density at radius 1 is 1.21 bits per heavy atom. The van der Waals surface area contributed by atoms with Crippen molar-refractivity contribution in [2.45, 2.75) is 46.5 Å². The van der Waals surface area contributed by atoms with Gasteiger partial charge in [0.1, 0.15) is 12.5 Å².